The third-order valence-electron chi connectivity index (χ3n) is 3.32. The van der Waals surface area contributed by atoms with Crippen molar-refractivity contribution in [3.05, 3.63) is 72.7 Å². The number of nitrogens with two attached hydrogens (primary N) is 1. The molecule has 3 rings (SSSR count). The van der Waals surface area contributed by atoms with E-state index in [2.05, 4.69) is 0 Å². The molecule has 0 amide bonds. The molecule has 112 valence electrons. The summed E-state index contributed by atoms with van der Waals surface area (Å²) in [5.74, 6) is -0.327. The highest BCUT2D eigenvalue weighted by molar-refractivity contribution is 7.89. The number of hydrogen-bond acceptors (Lipinski definition) is 2. The van der Waals surface area contributed by atoms with Crippen LogP contribution in [0, 0.1) is 5.82 Å². The Labute approximate surface area is 127 Å². The van der Waals surface area contributed by atoms with E-state index in [9.17, 15) is 12.8 Å². The molecule has 0 saturated heterocycles. The van der Waals surface area contributed by atoms with Crippen LogP contribution in [0.4, 0.5) is 4.39 Å². The summed E-state index contributed by atoms with van der Waals surface area (Å²) in [6.45, 7) is 0. The van der Waals surface area contributed by atoms with E-state index < -0.39 is 10.0 Å². The Morgan fingerprint density at radius 3 is 2.27 bits per heavy atom. The zero-order valence-electron chi connectivity index (χ0n) is 11.5. The van der Waals surface area contributed by atoms with E-state index in [1.165, 1.54) is 18.2 Å². The van der Waals surface area contributed by atoms with Crippen molar-refractivity contribution in [1.29, 1.82) is 0 Å². The number of benzene rings is 2. The molecule has 0 spiro atoms. The highest BCUT2D eigenvalue weighted by Gasteiger charge is 2.16. The van der Waals surface area contributed by atoms with Gasteiger partial charge in [-0.25, -0.2) is 17.9 Å². The maximum atomic E-state index is 13.1. The minimum atomic E-state index is -3.85. The lowest BCUT2D eigenvalue weighted by Gasteiger charge is -2.13. The molecular formula is C16H13FN2O2S. The van der Waals surface area contributed by atoms with Crippen molar-refractivity contribution in [2.24, 2.45) is 5.14 Å². The molecule has 1 heterocycles. The smallest absolute Gasteiger partial charge is 0.240 e. The Kier molecular flexibility index (Phi) is 3.56. The van der Waals surface area contributed by atoms with E-state index in [-0.39, 0.29) is 10.7 Å². The largest absolute Gasteiger partial charge is 0.315 e. The topological polar surface area (TPSA) is 65.1 Å². The second-order valence-electron chi connectivity index (χ2n) is 4.78. The maximum Gasteiger partial charge on any atom is 0.240 e. The molecule has 0 saturated carbocycles. The monoisotopic (exact) mass is 316 g/mol. The first-order valence-corrected chi connectivity index (χ1v) is 8.07. The molecule has 22 heavy (non-hydrogen) atoms. The molecule has 0 fully saturated rings. The Balaban J connectivity index is 2.20. The van der Waals surface area contributed by atoms with Crippen LogP contribution in [0.3, 0.4) is 0 Å². The fourth-order valence-corrected chi connectivity index (χ4v) is 3.07. The molecule has 0 radical (unpaired) electrons. The summed E-state index contributed by atoms with van der Waals surface area (Å²) in [4.78, 5) is 0.0366. The number of halogens is 1. The Hall–Kier alpha value is -2.44. The fourth-order valence-electron chi connectivity index (χ4n) is 2.34. The molecule has 3 aromatic rings. The second-order valence-corrected chi connectivity index (χ2v) is 6.31. The van der Waals surface area contributed by atoms with Crippen LogP contribution < -0.4 is 5.14 Å². The zero-order chi connectivity index (χ0) is 15.7. The summed E-state index contributed by atoms with van der Waals surface area (Å²) >= 11 is 0. The molecule has 0 bridgehead atoms. The first kappa shape index (κ1) is 14.5. The normalized spacial score (nSPS) is 11.5. The van der Waals surface area contributed by atoms with Gasteiger partial charge in [-0.2, -0.15) is 0 Å². The van der Waals surface area contributed by atoms with Crippen LogP contribution in [-0.2, 0) is 10.0 Å². The van der Waals surface area contributed by atoms with Crippen LogP contribution >= 0.6 is 0 Å². The number of aromatic nitrogens is 1. The van der Waals surface area contributed by atoms with E-state index >= 15 is 0 Å². The van der Waals surface area contributed by atoms with Gasteiger partial charge in [0.15, 0.2) is 0 Å². The highest BCUT2D eigenvalue weighted by Crippen LogP contribution is 2.27. The van der Waals surface area contributed by atoms with E-state index in [0.29, 0.717) is 5.69 Å². The van der Waals surface area contributed by atoms with Gasteiger partial charge in [-0.1, -0.05) is 12.1 Å². The number of nitrogens with zero attached hydrogens (tertiary/aromatic N) is 1. The molecule has 0 atom stereocenters. The number of rotatable bonds is 3. The lowest BCUT2D eigenvalue weighted by Crippen LogP contribution is -2.15. The second kappa shape index (κ2) is 5.40. The van der Waals surface area contributed by atoms with Gasteiger partial charge in [-0.3, -0.25) is 0 Å². The third kappa shape index (κ3) is 2.66. The van der Waals surface area contributed by atoms with Crippen LogP contribution in [0.25, 0.3) is 16.9 Å². The van der Waals surface area contributed by atoms with Crippen LogP contribution in [0.5, 0.6) is 0 Å². The van der Waals surface area contributed by atoms with Gasteiger partial charge in [0, 0.05) is 6.20 Å². The third-order valence-corrected chi connectivity index (χ3v) is 4.28. The summed E-state index contributed by atoms with van der Waals surface area (Å²) in [6.07, 6.45) is 1.74. The first-order valence-electron chi connectivity index (χ1n) is 6.52. The lowest BCUT2D eigenvalue weighted by atomic mass is 10.1. The molecule has 0 aliphatic carbocycles. The van der Waals surface area contributed by atoms with Crippen molar-refractivity contribution in [2.45, 2.75) is 4.90 Å². The lowest BCUT2D eigenvalue weighted by molar-refractivity contribution is 0.597. The van der Waals surface area contributed by atoms with Crippen molar-refractivity contribution in [2.75, 3.05) is 0 Å². The average Bonchev–Trinajstić information content (AvgIpc) is 2.96. The van der Waals surface area contributed by atoms with Gasteiger partial charge < -0.3 is 4.57 Å². The Morgan fingerprint density at radius 2 is 1.59 bits per heavy atom. The van der Waals surface area contributed by atoms with Crippen LogP contribution in [0.1, 0.15) is 0 Å². The van der Waals surface area contributed by atoms with Crippen LogP contribution in [-0.4, -0.2) is 13.0 Å². The van der Waals surface area contributed by atoms with Crippen molar-refractivity contribution < 1.29 is 12.8 Å². The van der Waals surface area contributed by atoms with E-state index in [1.54, 1.807) is 47.2 Å². The van der Waals surface area contributed by atoms with Gasteiger partial charge in [-0.15, -0.1) is 0 Å². The standard InChI is InChI=1S/C16H13FN2O2S/c17-13-9-7-12(8-10-13)14-5-3-11-19(14)15-4-1-2-6-16(15)22(18,20)21/h1-11H,(H2,18,20,21). The zero-order valence-corrected chi connectivity index (χ0v) is 12.3. The van der Waals surface area contributed by atoms with Crippen LogP contribution in [0.2, 0.25) is 0 Å². The quantitative estimate of drug-likeness (QED) is 0.807. The predicted molar refractivity (Wildman–Crippen MR) is 82.5 cm³/mol. The molecule has 2 N–H and O–H groups in total. The number of primary sulfonamides is 1. The Morgan fingerprint density at radius 1 is 0.909 bits per heavy atom. The first-order chi connectivity index (χ1) is 10.5. The minimum Gasteiger partial charge on any atom is -0.315 e. The molecular weight excluding hydrogens is 303 g/mol. The maximum absolute atomic E-state index is 13.1. The molecule has 0 aliphatic rings. The number of para-hydroxylation sites is 1. The average molecular weight is 316 g/mol. The highest BCUT2D eigenvalue weighted by atomic mass is 32.2. The van der Waals surface area contributed by atoms with E-state index in [0.717, 1.165) is 11.3 Å². The molecule has 4 nitrogen and oxygen atoms in total. The fraction of sp³-hybridized carbons (Fsp3) is 0. The summed E-state index contributed by atoms with van der Waals surface area (Å²) in [5.41, 5.74) is 1.97. The van der Waals surface area contributed by atoms with Crippen molar-refractivity contribution in [3.8, 4) is 16.9 Å². The Bertz CT molecular complexity index is 915. The molecule has 0 aliphatic heterocycles. The number of sulfonamides is 1. The molecule has 2 aromatic carbocycles. The van der Waals surface area contributed by atoms with Gasteiger partial charge in [0.05, 0.1) is 11.4 Å². The van der Waals surface area contributed by atoms with Crippen molar-refractivity contribution >= 4 is 10.0 Å². The van der Waals surface area contributed by atoms with E-state index in [4.69, 9.17) is 5.14 Å². The van der Waals surface area contributed by atoms with E-state index in [1.807, 2.05) is 6.07 Å². The number of hydrogen-bond donors (Lipinski definition) is 1. The van der Waals surface area contributed by atoms with Gasteiger partial charge >= 0.3 is 0 Å². The minimum absolute atomic E-state index is 0.0366. The van der Waals surface area contributed by atoms with Crippen molar-refractivity contribution in [3.63, 3.8) is 0 Å². The summed E-state index contributed by atoms with van der Waals surface area (Å²) in [6, 6.07) is 16.1. The van der Waals surface area contributed by atoms with Gasteiger partial charge in [0.2, 0.25) is 10.0 Å². The summed E-state index contributed by atoms with van der Waals surface area (Å²) in [5, 5.41) is 5.28. The molecule has 6 heteroatoms. The van der Waals surface area contributed by atoms with Gasteiger partial charge in [0.1, 0.15) is 10.7 Å². The van der Waals surface area contributed by atoms with Gasteiger partial charge in [0.25, 0.3) is 0 Å². The SMILES string of the molecule is NS(=O)(=O)c1ccccc1-n1cccc1-c1ccc(F)cc1. The molecule has 0 unspecified atom stereocenters. The summed E-state index contributed by atoms with van der Waals surface area (Å²) < 4.78 is 38.3. The van der Waals surface area contributed by atoms with Gasteiger partial charge in [-0.05, 0) is 54.1 Å². The molecule has 1 aromatic heterocycles. The predicted octanol–water partition coefficient (Wildman–Crippen LogP) is 2.93. The van der Waals surface area contributed by atoms with Crippen LogP contribution in [0.15, 0.2) is 71.8 Å². The summed E-state index contributed by atoms with van der Waals surface area (Å²) in [7, 11) is -3.85. The van der Waals surface area contributed by atoms with Crippen molar-refractivity contribution in [1.82, 2.24) is 4.57 Å².